The van der Waals surface area contributed by atoms with E-state index in [-0.39, 0.29) is 11.9 Å². The average molecular weight is 268 g/mol. The zero-order chi connectivity index (χ0) is 14.7. The number of carbonyl (C=O) groups excluding carboxylic acids is 1. The molecule has 3 N–H and O–H groups in total. The minimum atomic E-state index is -0.0763. The van der Waals surface area contributed by atoms with Gasteiger partial charge in [-0.15, -0.1) is 0 Å². The van der Waals surface area contributed by atoms with E-state index in [1.807, 2.05) is 63.2 Å². The van der Waals surface area contributed by atoms with Gasteiger partial charge < -0.3 is 11.1 Å². The molecule has 0 fully saturated rings. The van der Waals surface area contributed by atoms with Crippen LogP contribution in [0.1, 0.15) is 40.0 Å². The highest BCUT2D eigenvalue weighted by Gasteiger charge is 2.12. The minimum Gasteiger partial charge on any atom is -0.399 e. The van der Waals surface area contributed by atoms with Crippen molar-refractivity contribution >= 4 is 11.6 Å². The summed E-state index contributed by atoms with van der Waals surface area (Å²) < 4.78 is 0. The molecular formula is C17H20N2O. The van der Waals surface area contributed by atoms with E-state index in [9.17, 15) is 4.79 Å². The largest absolute Gasteiger partial charge is 0.399 e. The van der Waals surface area contributed by atoms with Crippen molar-refractivity contribution in [2.75, 3.05) is 5.73 Å². The van der Waals surface area contributed by atoms with E-state index in [1.165, 1.54) is 5.56 Å². The third-order valence-corrected chi connectivity index (χ3v) is 3.53. The van der Waals surface area contributed by atoms with Crippen LogP contribution in [0.25, 0.3) is 0 Å². The molecule has 0 aliphatic carbocycles. The summed E-state index contributed by atoms with van der Waals surface area (Å²) in [6.45, 7) is 5.99. The Balaban J connectivity index is 2.13. The third kappa shape index (κ3) is 3.18. The molecule has 0 saturated heterocycles. The lowest BCUT2D eigenvalue weighted by molar-refractivity contribution is 0.0940. The summed E-state index contributed by atoms with van der Waals surface area (Å²) in [5.41, 5.74) is 10.5. The first-order chi connectivity index (χ1) is 9.47. The lowest BCUT2D eigenvalue weighted by Crippen LogP contribution is -2.26. The quantitative estimate of drug-likeness (QED) is 0.838. The van der Waals surface area contributed by atoms with Gasteiger partial charge in [0.2, 0.25) is 0 Å². The second-order valence-electron chi connectivity index (χ2n) is 5.16. The zero-order valence-electron chi connectivity index (χ0n) is 12.1. The van der Waals surface area contributed by atoms with Crippen molar-refractivity contribution in [3.05, 3.63) is 64.7 Å². The number of amides is 1. The van der Waals surface area contributed by atoms with Crippen LogP contribution in [0.4, 0.5) is 5.69 Å². The number of nitrogens with two attached hydrogens (primary N) is 1. The fraction of sp³-hybridized carbons (Fsp3) is 0.235. The van der Waals surface area contributed by atoms with Crippen molar-refractivity contribution in [1.29, 1.82) is 0 Å². The van der Waals surface area contributed by atoms with Crippen LogP contribution >= 0.6 is 0 Å². The predicted octanol–water partition coefficient (Wildman–Crippen LogP) is 3.38. The van der Waals surface area contributed by atoms with E-state index in [2.05, 4.69) is 5.32 Å². The summed E-state index contributed by atoms with van der Waals surface area (Å²) >= 11 is 0. The van der Waals surface area contributed by atoms with Crippen molar-refractivity contribution in [1.82, 2.24) is 5.32 Å². The molecule has 0 spiro atoms. The number of benzene rings is 2. The monoisotopic (exact) mass is 268 g/mol. The molecule has 0 saturated carbocycles. The number of nitrogen functional groups attached to an aromatic ring is 1. The van der Waals surface area contributed by atoms with E-state index in [0.29, 0.717) is 11.3 Å². The molecule has 3 heteroatoms. The highest BCUT2D eigenvalue weighted by atomic mass is 16.1. The summed E-state index contributed by atoms with van der Waals surface area (Å²) in [7, 11) is 0. The van der Waals surface area contributed by atoms with Gasteiger partial charge in [0.15, 0.2) is 0 Å². The molecule has 0 aliphatic rings. The summed E-state index contributed by atoms with van der Waals surface area (Å²) in [5.74, 6) is -0.0666. The normalized spacial score (nSPS) is 11.9. The van der Waals surface area contributed by atoms with Crippen LogP contribution in [-0.4, -0.2) is 5.91 Å². The number of aryl methyl sites for hydroxylation is 2. The molecule has 2 aromatic rings. The van der Waals surface area contributed by atoms with Gasteiger partial charge in [-0.2, -0.15) is 0 Å². The van der Waals surface area contributed by atoms with Gasteiger partial charge in [-0.3, -0.25) is 4.79 Å². The van der Waals surface area contributed by atoms with Gasteiger partial charge >= 0.3 is 0 Å². The van der Waals surface area contributed by atoms with Crippen molar-refractivity contribution in [2.45, 2.75) is 26.8 Å². The highest BCUT2D eigenvalue weighted by Crippen LogP contribution is 2.16. The molecule has 0 bridgehead atoms. The van der Waals surface area contributed by atoms with Crippen molar-refractivity contribution in [3.63, 3.8) is 0 Å². The Morgan fingerprint density at radius 2 is 1.85 bits per heavy atom. The maximum Gasteiger partial charge on any atom is 0.251 e. The van der Waals surface area contributed by atoms with E-state index < -0.39 is 0 Å². The number of hydrogen-bond acceptors (Lipinski definition) is 2. The topological polar surface area (TPSA) is 55.1 Å². The number of anilines is 1. The molecular weight excluding hydrogens is 248 g/mol. The zero-order valence-corrected chi connectivity index (χ0v) is 12.1. The maximum absolute atomic E-state index is 12.2. The molecule has 2 aromatic carbocycles. The number of rotatable bonds is 3. The fourth-order valence-corrected chi connectivity index (χ4v) is 2.07. The van der Waals surface area contributed by atoms with E-state index in [4.69, 9.17) is 5.73 Å². The molecule has 1 atom stereocenters. The molecule has 3 nitrogen and oxygen atoms in total. The first-order valence-corrected chi connectivity index (χ1v) is 6.71. The van der Waals surface area contributed by atoms with Gasteiger partial charge in [0.25, 0.3) is 5.91 Å². The minimum absolute atomic E-state index is 0.0666. The number of nitrogens with one attached hydrogen (secondary N) is 1. The molecule has 0 heterocycles. The van der Waals surface area contributed by atoms with Crippen molar-refractivity contribution in [3.8, 4) is 0 Å². The number of carbonyl (C=O) groups is 1. The second kappa shape index (κ2) is 5.78. The Morgan fingerprint density at radius 1 is 1.10 bits per heavy atom. The first kappa shape index (κ1) is 14.1. The molecule has 0 radical (unpaired) electrons. The Morgan fingerprint density at radius 3 is 2.50 bits per heavy atom. The van der Waals surface area contributed by atoms with Gasteiger partial charge in [0, 0.05) is 11.3 Å². The summed E-state index contributed by atoms with van der Waals surface area (Å²) in [5, 5.41) is 2.99. The van der Waals surface area contributed by atoms with Crippen LogP contribution < -0.4 is 11.1 Å². The van der Waals surface area contributed by atoms with Gasteiger partial charge in [-0.1, -0.05) is 18.2 Å². The number of hydrogen-bond donors (Lipinski definition) is 2. The average Bonchev–Trinajstić information content (AvgIpc) is 2.41. The van der Waals surface area contributed by atoms with E-state index in [0.717, 1.165) is 11.1 Å². The molecule has 0 aliphatic heterocycles. The van der Waals surface area contributed by atoms with Crippen LogP contribution in [0.15, 0.2) is 42.5 Å². The lowest BCUT2D eigenvalue weighted by Gasteiger charge is -2.15. The Labute approximate surface area is 119 Å². The van der Waals surface area contributed by atoms with Crippen LogP contribution in [0, 0.1) is 13.8 Å². The Kier molecular flexibility index (Phi) is 4.08. The molecule has 1 unspecified atom stereocenters. The van der Waals surface area contributed by atoms with E-state index in [1.54, 1.807) is 0 Å². The van der Waals surface area contributed by atoms with Crippen LogP contribution in [0.5, 0.6) is 0 Å². The maximum atomic E-state index is 12.2. The predicted molar refractivity (Wildman–Crippen MR) is 82.7 cm³/mol. The Hall–Kier alpha value is -2.29. The summed E-state index contributed by atoms with van der Waals surface area (Å²) in [4.78, 5) is 12.2. The van der Waals surface area contributed by atoms with Crippen LogP contribution in [0.2, 0.25) is 0 Å². The lowest BCUT2D eigenvalue weighted by atomic mass is 10.0. The van der Waals surface area contributed by atoms with Gasteiger partial charge in [-0.25, -0.2) is 0 Å². The second-order valence-corrected chi connectivity index (χ2v) is 5.16. The van der Waals surface area contributed by atoms with Gasteiger partial charge in [0.1, 0.15) is 0 Å². The van der Waals surface area contributed by atoms with Gasteiger partial charge in [0.05, 0.1) is 6.04 Å². The molecule has 104 valence electrons. The summed E-state index contributed by atoms with van der Waals surface area (Å²) in [6.07, 6.45) is 0. The fourth-order valence-electron chi connectivity index (χ4n) is 2.07. The van der Waals surface area contributed by atoms with Crippen LogP contribution in [0.3, 0.4) is 0 Å². The molecule has 2 rings (SSSR count). The first-order valence-electron chi connectivity index (χ1n) is 6.71. The molecule has 1 amide bonds. The van der Waals surface area contributed by atoms with Crippen molar-refractivity contribution in [2.24, 2.45) is 0 Å². The Bertz CT molecular complexity index is 635. The highest BCUT2D eigenvalue weighted by molar-refractivity contribution is 5.94. The molecule has 20 heavy (non-hydrogen) atoms. The standard InChI is InChI=1S/C17H20N2O/c1-11-7-8-15(9-12(11)2)17(20)19-13(3)14-5-4-6-16(18)10-14/h4-10,13H,18H2,1-3H3,(H,19,20). The van der Waals surface area contributed by atoms with E-state index >= 15 is 0 Å². The smallest absolute Gasteiger partial charge is 0.251 e. The molecule has 0 aromatic heterocycles. The van der Waals surface area contributed by atoms with Gasteiger partial charge in [-0.05, 0) is 61.7 Å². The van der Waals surface area contributed by atoms with Crippen molar-refractivity contribution < 1.29 is 4.79 Å². The van der Waals surface area contributed by atoms with Crippen LogP contribution in [-0.2, 0) is 0 Å². The SMILES string of the molecule is Cc1ccc(C(=O)NC(C)c2cccc(N)c2)cc1C. The third-order valence-electron chi connectivity index (χ3n) is 3.53. The summed E-state index contributed by atoms with van der Waals surface area (Å²) in [6, 6.07) is 13.2.